The fourth-order valence-corrected chi connectivity index (χ4v) is 2.09. The molecule has 2 atom stereocenters. The molecular formula is C8H11FN3O7P. The van der Waals surface area contributed by atoms with Gasteiger partial charge < -0.3 is 14.5 Å². The van der Waals surface area contributed by atoms with Crippen LogP contribution in [0.3, 0.4) is 0 Å². The Morgan fingerprint density at radius 3 is 2.95 bits per heavy atom. The molecule has 3 N–H and O–H groups in total. The lowest BCUT2D eigenvalue weighted by atomic mass is 10.2. The summed E-state index contributed by atoms with van der Waals surface area (Å²) < 4.78 is 34.3. The molecule has 12 heteroatoms. The van der Waals surface area contributed by atoms with E-state index in [0.717, 1.165) is 10.9 Å². The number of H-pyrrole nitrogens is 1. The van der Waals surface area contributed by atoms with Gasteiger partial charge in [-0.15, -0.1) is 0 Å². The first-order valence-electron chi connectivity index (χ1n) is 5.43. The van der Waals surface area contributed by atoms with E-state index >= 15 is 0 Å². The highest BCUT2D eigenvalue weighted by atomic mass is 31.2. The van der Waals surface area contributed by atoms with Gasteiger partial charge in [-0.25, -0.2) is 13.8 Å². The predicted octanol–water partition coefficient (Wildman–Crippen LogP) is -0.984. The van der Waals surface area contributed by atoms with Crippen LogP contribution in [0.1, 0.15) is 19.1 Å². The van der Waals surface area contributed by atoms with Crippen molar-refractivity contribution >= 4 is 7.82 Å². The number of hydrogen-bond donors (Lipinski definition) is 3. The number of alkyl halides is 1. The highest BCUT2D eigenvalue weighted by Crippen LogP contribution is 2.42. The van der Waals surface area contributed by atoms with Gasteiger partial charge in [0.05, 0.1) is 0 Å². The Kier molecular flexibility index (Phi) is 3.89. The van der Waals surface area contributed by atoms with Gasteiger partial charge in [0.15, 0.2) is 6.23 Å². The lowest BCUT2D eigenvalue weighted by Crippen LogP contribution is -2.36. The third-order valence-electron chi connectivity index (χ3n) is 2.57. The second-order valence-electron chi connectivity index (χ2n) is 4.14. The molecule has 0 aliphatic carbocycles. The number of phosphoric acid groups is 1. The fourth-order valence-electron chi connectivity index (χ4n) is 1.73. The van der Waals surface area contributed by atoms with E-state index in [-0.39, 0.29) is 12.8 Å². The summed E-state index contributed by atoms with van der Waals surface area (Å²) in [4.78, 5) is 41.2. The lowest BCUT2D eigenvalue weighted by Gasteiger charge is -2.20. The van der Waals surface area contributed by atoms with Crippen LogP contribution in [0.4, 0.5) is 4.39 Å². The molecule has 0 unspecified atom stereocenters. The van der Waals surface area contributed by atoms with E-state index in [2.05, 4.69) is 9.62 Å². The van der Waals surface area contributed by atoms with E-state index in [1.807, 2.05) is 4.98 Å². The molecule has 10 nitrogen and oxygen atoms in total. The van der Waals surface area contributed by atoms with Crippen molar-refractivity contribution in [3.8, 4) is 0 Å². The molecule has 0 amide bonds. The molecule has 0 radical (unpaired) electrons. The van der Waals surface area contributed by atoms with Crippen molar-refractivity contribution in [2.75, 3.05) is 6.61 Å². The first-order valence-corrected chi connectivity index (χ1v) is 6.97. The summed E-state index contributed by atoms with van der Waals surface area (Å²) in [7, 11) is -4.82. The van der Waals surface area contributed by atoms with Crippen LogP contribution in [-0.2, 0) is 13.8 Å². The zero-order chi connectivity index (χ0) is 15.0. The van der Waals surface area contributed by atoms with Crippen LogP contribution in [0.25, 0.3) is 0 Å². The quantitative estimate of drug-likeness (QED) is 0.602. The average molecular weight is 311 g/mol. The van der Waals surface area contributed by atoms with Crippen LogP contribution >= 0.6 is 7.82 Å². The summed E-state index contributed by atoms with van der Waals surface area (Å²) >= 11 is 0. The number of ether oxygens (including phenoxy) is 1. The van der Waals surface area contributed by atoms with Gasteiger partial charge in [0.1, 0.15) is 12.8 Å². The minimum absolute atomic E-state index is 0.0277. The van der Waals surface area contributed by atoms with E-state index in [0.29, 0.717) is 0 Å². The first kappa shape index (κ1) is 15.0. The average Bonchev–Trinajstić information content (AvgIpc) is 2.69. The normalized spacial score (nSPS) is 26.9. The zero-order valence-corrected chi connectivity index (χ0v) is 10.8. The van der Waals surface area contributed by atoms with Crippen molar-refractivity contribution in [1.29, 1.82) is 0 Å². The third-order valence-corrected chi connectivity index (χ3v) is 3.04. The van der Waals surface area contributed by atoms with Crippen molar-refractivity contribution < 1.29 is 28.0 Å². The molecule has 0 saturated carbocycles. The van der Waals surface area contributed by atoms with E-state index in [9.17, 15) is 18.5 Å². The number of phosphoric ester groups is 1. The minimum atomic E-state index is -4.82. The standard InChI is InChI=1S/C8H11FN3O7P/c9-8(4-18-20(15,16)17)2-1-6(19-8)12-7(14)11-5(13)3-10-12/h3,6H,1-2,4H2,(H,11,13,14)(H2,15,16,17)/t6-,8+/m1/s1. The van der Waals surface area contributed by atoms with Crippen molar-refractivity contribution in [2.45, 2.75) is 24.9 Å². The van der Waals surface area contributed by atoms with E-state index in [1.165, 1.54) is 0 Å². The SMILES string of the molecule is O=c1cnn([C@H]2CC[C@@](F)(COP(=O)(O)O)O2)c(=O)[nH]1. The monoisotopic (exact) mass is 311 g/mol. The van der Waals surface area contributed by atoms with Gasteiger partial charge in [-0.3, -0.25) is 14.3 Å². The van der Waals surface area contributed by atoms with Gasteiger partial charge >= 0.3 is 13.5 Å². The van der Waals surface area contributed by atoms with Crippen LogP contribution < -0.4 is 11.2 Å². The van der Waals surface area contributed by atoms with Crippen molar-refractivity contribution in [3.05, 3.63) is 27.0 Å². The second kappa shape index (κ2) is 5.19. The highest BCUT2D eigenvalue weighted by molar-refractivity contribution is 7.46. The summed E-state index contributed by atoms with van der Waals surface area (Å²) in [6.45, 7) is -0.980. The maximum Gasteiger partial charge on any atom is 0.469 e. The van der Waals surface area contributed by atoms with Gasteiger partial charge in [0, 0.05) is 6.42 Å². The minimum Gasteiger partial charge on any atom is -0.318 e. The summed E-state index contributed by atoms with van der Waals surface area (Å²) in [5.41, 5.74) is -1.58. The Balaban J connectivity index is 2.10. The third kappa shape index (κ3) is 3.58. The maximum absolute atomic E-state index is 14.1. The van der Waals surface area contributed by atoms with E-state index < -0.39 is 37.8 Å². The number of rotatable bonds is 4. The molecule has 112 valence electrons. The van der Waals surface area contributed by atoms with Gasteiger partial charge in [-0.05, 0) is 6.42 Å². The molecule has 1 aromatic rings. The fraction of sp³-hybridized carbons (Fsp3) is 0.625. The molecule has 1 aromatic heterocycles. The Bertz CT molecular complexity index is 654. The largest absolute Gasteiger partial charge is 0.469 e. The molecule has 0 spiro atoms. The first-order chi connectivity index (χ1) is 9.19. The summed E-state index contributed by atoms with van der Waals surface area (Å²) in [6, 6.07) is 0. The Morgan fingerprint density at radius 1 is 1.65 bits per heavy atom. The number of nitrogens with one attached hydrogen (secondary N) is 1. The van der Waals surface area contributed by atoms with Crippen LogP contribution in [-0.4, -0.2) is 37.0 Å². The Labute approximate surface area is 110 Å². The molecule has 0 aromatic carbocycles. The number of aromatic amines is 1. The second-order valence-corrected chi connectivity index (χ2v) is 5.38. The van der Waals surface area contributed by atoms with Crippen LogP contribution in [0, 0.1) is 0 Å². The number of halogens is 1. The topological polar surface area (TPSA) is 144 Å². The van der Waals surface area contributed by atoms with Crippen LogP contribution in [0.15, 0.2) is 15.8 Å². The molecular weight excluding hydrogens is 300 g/mol. The molecule has 1 aliphatic heterocycles. The maximum atomic E-state index is 14.1. The van der Waals surface area contributed by atoms with Gasteiger partial charge in [-0.2, -0.15) is 9.78 Å². The predicted molar refractivity (Wildman–Crippen MR) is 60.3 cm³/mol. The van der Waals surface area contributed by atoms with Crippen LogP contribution in [0.5, 0.6) is 0 Å². The molecule has 1 aliphatic rings. The smallest absolute Gasteiger partial charge is 0.318 e. The molecule has 1 fully saturated rings. The van der Waals surface area contributed by atoms with E-state index in [1.54, 1.807) is 0 Å². The number of hydrogen-bond acceptors (Lipinski definition) is 6. The molecule has 2 rings (SSSR count). The van der Waals surface area contributed by atoms with Gasteiger partial charge in [-0.1, -0.05) is 0 Å². The summed E-state index contributed by atoms with van der Waals surface area (Å²) in [5, 5.41) is 3.51. The zero-order valence-electron chi connectivity index (χ0n) is 9.93. The molecule has 2 heterocycles. The molecule has 20 heavy (non-hydrogen) atoms. The Hall–Kier alpha value is -1.39. The van der Waals surface area contributed by atoms with Crippen molar-refractivity contribution in [2.24, 2.45) is 0 Å². The van der Waals surface area contributed by atoms with Crippen LogP contribution in [0.2, 0.25) is 0 Å². The van der Waals surface area contributed by atoms with Gasteiger partial charge in [0.25, 0.3) is 5.56 Å². The molecule has 1 saturated heterocycles. The number of nitrogens with zero attached hydrogens (tertiary/aromatic N) is 2. The lowest BCUT2D eigenvalue weighted by molar-refractivity contribution is -0.177. The number of aromatic nitrogens is 3. The Morgan fingerprint density at radius 2 is 2.35 bits per heavy atom. The van der Waals surface area contributed by atoms with Gasteiger partial charge in [0.2, 0.25) is 5.85 Å². The van der Waals surface area contributed by atoms with Crippen molar-refractivity contribution in [3.63, 3.8) is 0 Å². The van der Waals surface area contributed by atoms with Crippen molar-refractivity contribution in [1.82, 2.24) is 14.8 Å². The van der Waals surface area contributed by atoms with E-state index in [4.69, 9.17) is 14.5 Å². The summed E-state index contributed by atoms with van der Waals surface area (Å²) in [6.07, 6.45) is -0.482. The summed E-state index contributed by atoms with van der Waals surface area (Å²) in [5.74, 6) is -2.44. The highest BCUT2D eigenvalue weighted by Gasteiger charge is 2.43. The molecule has 0 bridgehead atoms.